The minimum absolute atomic E-state index is 0.0504. The first-order chi connectivity index (χ1) is 14.8. The van der Waals surface area contributed by atoms with Crippen molar-refractivity contribution in [3.63, 3.8) is 0 Å². The molecule has 3 fully saturated rings. The average molecular weight is 434 g/mol. The Morgan fingerprint density at radius 2 is 1.87 bits per heavy atom. The third-order valence-corrected chi connectivity index (χ3v) is 6.72. The highest BCUT2D eigenvalue weighted by Crippen LogP contribution is 2.49. The fourth-order valence-electron chi connectivity index (χ4n) is 5.17. The zero-order chi connectivity index (χ0) is 21.8. The summed E-state index contributed by atoms with van der Waals surface area (Å²) in [5.41, 5.74) is 1.70. The van der Waals surface area contributed by atoms with Gasteiger partial charge in [-0.2, -0.15) is 0 Å². The van der Waals surface area contributed by atoms with Crippen LogP contribution in [0.1, 0.15) is 37.7 Å². The van der Waals surface area contributed by atoms with Gasteiger partial charge in [0.1, 0.15) is 17.3 Å². The molecule has 1 aliphatic heterocycles. The molecule has 0 radical (unpaired) electrons. The Kier molecular flexibility index (Phi) is 5.13. The Morgan fingerprint density at radius 3 is 2.52 bits per heavy atom. The fraction of sp³-hybridized carbons (Fsp3) is 0.500. The number of rotatable bonds is 6. The summed E-state index contributed by atoms with van der Waals surface area (Å²) < 4.78 is 55.5. The van der Waals surface area contributed by atoms with Crippen LogP contribution < -0.4 is 4.74 Å². The van der Waals surface area contributed by atoms with E-state index >= 15 is 0 Å². The lowest BCUT2D eigenvalue weighted by atomic mass is 9.92. The lowest BCUT2D eigenvalue weighted by molar-refractivity contribution is -0.274. The van der Waals surface area contributed by atoms with E-state index in [2.05, 4.69) is 11.3 Å². The number of benzene rings is 1. The Hall–Kier alpha value is -2.25. The maximum Gasteiger partial charge on any atom is 0.573 e. The summed E-state index contributed by atoms with van der Waals surface area (Å²) in [5, 5.41) is 10.0. The molecule has 0 saturated heterocycles. The summed E-state index contributed by atoms with van der Waals surface area (Å²) in [6.07, 6.45) is 1.17. The van der Waals surface area contributed by atoms with E-state index in [4.69, 9.17) is 9.47 Å². The second-order valence-electron chi connectivity index (χ2n) is 8.93. The van der Waals surface area contributed by atoms with Gasteiger partial charge in [0.2, 0.25) is 0 Å². The minimum Gasteiger partial charge on any atom is -0.462 e. The minimum atomic E-state index is -4.79. The van der Waals surface area contributed by atoms with Gasteiger partial charge in [-0.3, -0.25) is 0 Å². The molecule has 0 spiro atoms. The largest absolute Gasteiger partial charge is 0.573 e. The topological polar surface area (TPSA) is 47.9 Å². The van der Waals surface area contributed by atoms with Gasteiger partial charge in [-0.1, -0.05) is 24.8 Å². The van der Waals surface area contributed by atoms with Gasteiger partial charge in [-0.15, -0.1) is 13.2 Å². The second-order valence-corrected chi connectivity index (χ2v) is 8.93. The Labute approximate surface area is 179 Å². The molecule has 7 heteroatoms. The zero-order valence-corrected chi connectivity index (χ0v) is 17.0. The second kappa shape index (κ2) is 7.71. The number of para-hydroxylation sites is 1. The standard InChI is InChI=1S/C24H25F3O4/c1-13-8-18(17-4-2-3-5-21(17)31-24(25,26)27)19(23(30-13)14-6-7-14)12-29-22-11-15-9-16(22)10-20(15)28/h2-5,8,14-16,20,22,28H,1,6-7,9-12H2/t15-,16-,20+,22-/m0/s1. The highest BCUT2D eigenvalue weighted by Gasteiger charge is 2.46. The van der Waals surface area contributed by atoms with Crippen molar-refractivity contribution in [3.8, 4) is 5.75 Å². The molecule has 166 valence electrons. The van der Waals surface area contributed by atoms with E-state index in [0.717, 1.165) is 43.4 Å². The SMILES string of the molecule is C=C1C=C(c2ccccc2OC(F)(F)F)C(CO[C@H]2C[C@@H]3C[C@H]2C[C@H]3O)=C(C2CC2)O1. The van der Waals surface area contributed by atoms with Crippen LogP contribution in [0.5, 0.6) is 5.75 Å². The van der Waals surface area contributed by atoms with Crippen LogP contribution in [-0.4, -0.2) is 30.3 Å². The van der Waals surface area contributed by atoms with Crippen molar-refractivity contribution in [2.24, 2.45) is 17.8 Å². The molecule has 0 amide bonds. The Bertz CT molecular complexity index is 942. The molecule has 1 N–H and O–H groups in total. The van der Waals surface area contributed by atoms with Crippen molar-refractivity contribution >= 4 is 5.57 Å². The van der Waals surface area contributed by atoms with E-state index in [0.29, 0.717) is 22.8 Å². The molecule has 3 aliphatic carbocycles. The molecule has 31 heavy (non-hydrogen) atoms. The van der Waals surface area contributed by atoms with Crippen molar-refractivity contribution < 1.29 is 32.5 Å². The highest BCUT2D eigenvalue weighted by molar-refractivity contribution is 5.85. The van der Waals surface area contributed by atoms with E-state index < -0.39 is 6.36 Å². The number of halogens is 3. The Morgan fingerprint density at radius 1 is 1.10 bits per heavy atom. The zero-order valence-electron chi connectivity index (χ0n) is 17.0. The van der Waals surface area contributed by atoms with Crippen molar-refractivity contribution in [2.75, 3.05) is 6.61 Å². The van der Waals surface area contributed by atoms with Crippen LogP contribution in [0.3, 0.4) is 0 Å². The molecular weight excluding hydrogens is 409 g/mol. The summed E-state index contributed by atoms with van der Waals surface area (Å²) in [5.74, 6) is 1.73. The number of fused-ring (bicyclic) bond motifs is 2. The van der Waals surface area contributed by atoms with Crippen LogP contribution >= 0.6 is 0 Å². The molecule has 2 bridgehead atoms. The van der Waals surface area contributed by atoms with Gasteiger partial charge in [0.05, 0.1) is 18.8 Å². The molecular formula is C24H25F3O4. The number of aliphatic hydroxyl groups is 1. The number of hydrogen-bond acceptors (Lipinski definition) is 4. The van der Waals surface area contributed by atoms with E-state index in [1.54, 1.807) is 18.2 Å². The quantitative estimate of drug-likeness (QED) is 0.656. The van der Waals surface area contributed by atoms with Crippen LogP contribution in [0.4, 0.5) is 13.2 Å². The van der Waals surface area contributed by atoms with Gasteiger partial charge in [0, 0.05) is 17.1 Å². The van der Waals surface area contributed by atoms with Gasteiger partial charge in [0.15, 0.2) is 0 Å². The van der Waals surface area contributed by atoms with Crippen LogP contribution in [-0.2, 0) is 9.47 Å². The van der Waals surface area contributed by atoms with E-state index in [1.807, 2.05) is 0 Å². The fourth-order valence-corrected chi connectivity index (χ4v) is 5.17. The van der Waals surface area contributed by atoms with E-state index in [-0.39, 0.29) is 36.4 Å². The smallest absolute Gasteiger partial charge is 0.462 e. The first-order valence-electron chi connectivity index (χ1n) is 10.7. The molecule has 0 unspecified atom stereocenters. The normalized spacial score (nSPS) is 30.5. The number of hydrogen-bond donors (Lipinski definition) is 1. The maximum absolute atomic E-state index is 13.0. The van der Waals surface area contributed by atoms with E-state index in [9.17, 15) is 18.3 Å². The third kappa shape index (κ3) is 4.26. The molecule has 4 nitrogen and oxygen atoms in total. The van der Waals surface area contributed by atoms with Crippen molar-refractivity contribution in [2.45, 2.75) is 50.7 Å². The van der Waals surface area contributed by atoms with Crippen LogP contribution in [0, 0.1) is 17.8 Å². The highest BCUT2D eigenvalue weighted by atomic mass is 19.4. The van der Waals surface area contributed by atoms with Gasteiger partial charge in [-0.25, -0.2) is 0 Å². The van der Waals surface area contributed by atoms with Crippen LogP contribution in [0.2, 0.25) is 0 Å². The molecule has 4 atom stereocenters. The van der Waals surface area contributed by atoms with Gasteiger partial charge in [-0.05, 0) is 61.7 Å². The summed E-state index contributed by atoms with van der Waals surface area (Å²) >= 11 is 0. The maximum atomic E-state index is 13.0. The molecule has 1 aromatic rings. The molecule has 0 aromatic heterocycles. The summed E-state index contributed by atoms with van der Waals surface area (Å²) in [6.45, 7) is 4.15. The van der Waals surface area contributed by atoms with Gasteiger partial charge in [0.25, 0.3) is 0 Å². The average Bonchev–Trinajstić information content (AvgIpc) is 3.38. The van der Waals surface area contributed by atoms with Crippen molar-refractivity contribution in [1.82, 2.24) is 0 Å². The molecule has 1 aromatic carbocycles. The lowest BCUT2D eigenvalue weighted by Gasteiger charge is -2.29. The molecule has 3 saturated carbocycles. The van der Waals surface area contributed by atoms with Gasteiger partial charge >= 0.3 is 6.36 Å². The molecule has 1 heterocycles. The van der Waals surface area contributed by atoms with Crippen molar-refractivity contribution in [1.29, 1.82) is 0 Å². The first kappa shape index (κ1) is 20.6. The first-order valence-corrected chi connectivity index (χ1v) is 10.7. The summed E-state index contributed by atoms with van der Waals surface area (Å²) in [4.78, 5) is 0. The third-order valence-electron chi connectivity index (χ3n) is 6.72. The van der Waals surface area contributed by atoms with E-state index in [1.165, 1.54) is 12.1 Å². The summed E-state index contributed by atoms with van der Waals surface area (Å²) in [7, 11) is 0. The van der Waals surface area contributed by atoms with Gasteiger partial charge < -0.3 is 19.3 Å². The lowest BCUT2D eigenvalue weighted by Crippen LogP contribution is -2.28. The number of alkyl halides is 3. The van der Waals surface area contributed by atoms with Crippen LogP contribution in [0.25, 0.3) is 5.57 Å². The van der Waals surface area contributed by atoms with Crippen LogP contribution in [0.15, 0.2) is 54.0 Å². The summed E-state index contributed by atoms with van der Waals surface area (Å²) in [6, 6.07) is 6.13. The molecule has 5 rings (SSSR count). The number of aliphatic hydroxyl groups excluding tert-OH is 1. The number of allylic oxidation sites excluding steroid dienone is 2. The predicted molar refractivity (Wildman–Crippen MR) is 108 cm³/mol. The van der Waals surface area contributed by atoms with Crippen molar-refractivity contribution in [3.05, 3.63) is 59.6 Å². The monoisotopic (exact) mass is 434 g/mol. The predicted octanol–water partition coefficient (Wildman–Crippen LogP) is 5.35. The molecule has 4 aliphatic rings. The Balaban J connectivity index is 1.45. The number of ether oxygens (including phenoxy) is 3.